The number of nitrogens with two attached hydrogens (primary N) is 1. The number of ether oxygens (including phenoxy) is 2. The van der Waals surface area contributed by atoms with E-state index in [9.17, 15) is 0 Å². The van der Waals surface area contributed by atoms with Crippen molar-refractivity contribution in [2.24, 2.45) is 5.73 Å². The van der Waals surface area contributed by atoms with Crippen LogP contribution in [0.4, 0.5) is 0 Å². The normalized spacial score (nSPS) is 12.5. The van der Waals surface area contributed by atoms with Crippen molar-refractivity contribution >= 4 is 11.6 Å². The topological polar surface area (TPSA) is 44.5 Å². The van der Waals surface area contributed by atoms with E-state index in [1.165, 1.54) is 0 Å². The van der Waals surface area contributed by atoms with Crippen LogP contribution in [0.2, 0.25) is 5.02 Å². The first kappa shape index (κ1) is 12.3. The Morgan fingerprint density at radius 3 is 2.80 bits per heavy atom. The molecule has 15 heavy (non-hydrogen) atoms. The minimum absolute atomic E-state index is 0.0614. The van der Waals surface area contributed by atoms with E-state index in [-0.39, 0.29) is 6.10 Å². The van der Waals surface area contributed by atoms with Crippen LogP contribution in [-0.2, 0) is 11.3 Å². The van der Waals surface area contributed by atoms with Crippen molar-refractivity contribution in [1.29, 1.82) is 0 Å². The van der Waals surface area contributed by atoms with Crippen LogP contribution in [0.15, 0.2) is 18.2 Å². The molecule has 0 aliphatic carbocycles. The van der Waals surface area contributed by atoms with E-state index < -0.39 is 0 Å². The zero-order valence-electron chi connectivity index (χ0n) is 9.00. The van der Waals surface area contributed by atoms with Gasteiger partial charge in [-0.2, -0.15) is 0 Å². The van der Waals surface area contributed by atoms with Crippen LogP contribution in [0.3, 0.4) is 0 Å². The highest BCUT2D eigenvalue weighted by atomic mass is 35.5. The van der Waals surface area contributed by atoms with E-state index in [0.717, 1.165) is 11.3 Å². The third-order valence-electron chi connectivity index (χ3n) is 2.12. The second-order valence-electron chi connectivity index (χ2n) is 3.31. The van der Waals surface area contributed by atoms with Gasteiger partial charge in [0.25, 0.3) is 0 Å². The van der Waals surface area contributed by atoms with Gasteiger partial charge in [0.05, 0.1) is 6.10 Å². The molecule has 0 heterocycles. The van der Waals surface area contributed by atoms with Crippen LogP contribution in [0.1, 0.15) is 12.5 Å². The first-order chi connectivity index (χ1) is 7.17. The van der Waals surface area contributed by atoms with Gasteiger partial charge in [0, 0.05) is 24.2 Å². The summed E-state index contributed by atoms with van der Waals surface area (Å²) in [6.07, 6.45) is 0.0614. The molecule has 2 N–H and O–H groups in total. The average molecular weight is 230 g/mol. The molecule has 0 saturated heterocycles. The highest BCUT2D eigenvalue weighted by Gasteiger charge is 2.05. The Morgan fingerprint density at radius 1 is 1.47 bits per heavy atom. The summed E-state index contributed by atoms with van der Waals surface area (Å²) in [5.74, 6) is 0.769. The average Bonchev–Trinajstić information content (AvgIpc) is 2.26. The Balaban J connectivity index is 2.67. The first-order valence-electron chi connectivity index (χ1n) is 4.81. The summed E-state index contributed by atoms with van der Waals surface area (Å²) in [4.78, 5) is 0. The molecule has 4 heteroatoms. The first-order valence-corrected chi connectivity index (χ1v) is 5.19. The molecule has 1 unspecified atom stereocenters. The van der Waals surface area contributed by atoms with Crippen molar-refractivity contribution in [3.05, 3.63) is 28.8 Å². The second-order valence-corrected chi connectivity index (χ2v) is 3.75. The smallest absolute Gasteiger partial charge is 0.124 e. The molecule has 1 atom stereocenters. The maximum absolute atomic E-state index is 5.85. The largest absolute Gasteiger partial charge is 0.491 e. The summed E-state index contributed by atoms with van der Waals surface area (Å²) in [6.45, 7) is 2.86. The van der Waals surface area contributed by atoms with Crippen molar-refractivity contribution < 1.29 is 9.47 Å². The summed E-state index contributed by atoms with van der Waals surface area (Å²) >= 11 is 5.85. The molecule has 0 amide bonds. The monoisotopic (exact) mass is 229 g/mol. The van der Waals surface area contributed by atoms with Crippen molar-refractivity contribution in [2.45, 2.75) is 19.6 Å². The van der Waals surface area contributed by atoms with Gasteiger partial charge in [0.2, 0.25) is 0 Å². The number of rotatable bonds is 5. The van der Waals surface area contributed by atoms with Crippen molar-refractivity contribution in [2.75, 3.05) is 13.7 Å². The summed E-state index contributed by atoms with van der Waals surface area (Å²) in [7, 11) is 1.65. The number of hydrogen-bond acceptors (Lipinski definition) is 3. The molecule has 0 aliphatic heterocycles. The van der Waals surface area contributed by atoms with Crippen LogP contribution in [0.5, 0.6) is 5.75 Å². The fourth-order valence-electron chi connectivity index (χ4n) is 1.12. The molecule has 0 radical (unpaired) electrons. The van der Waals surface area contributed by atoms with Gasteiger partial charge in [0.1, 0.15) is 12.4 Å². The number of hydrogen-bond donors (Lipinski definition) is 1. The highest BCUT2D eigenvalue weighted by molar-refractivity contribution is 6.30. The minimum atomic E-state index is 0.0614. The Kier molecular flexibility index (Phi) is 4.88. The lowest BCUT2D eigenvalue weighted by Crippen LogP contribution is -2.16. The van der Waals surface area contributed by atoms with E-state index in [1.54, 1.807) is 13.2 Å². The molecule has 1 aromatic rings. The zero-order chi connectivity index (χ0) is 11.3. The number of methoxy groups -OCH3 is 1. The van der Waals surface area contributed by atoms with Crippen LogP contribution < -0.4 is 10.5 Å². The van der Waals surface area contributed by atoms with Gasteiger partial charge >= 0.3 is 0 Å². The van der Waals surface area contributed by atoms with E-state index in [2.05, 4.69) is 0 Å². The third kappa shape index (κ3) is 3.70. The Labute approximate surface area is 95.1 Å². The van der Waals surface area contributed by atoms with Crippen LogP contribution in [0.25, 0.3) is 0 Å². The van der Waals surface area contributed by atoms with Crippen molar-refractivity contribution in [3.8, 4) is 5.75 Å². The number of benzene rings is 1. The predicted molar refractivity (Wildman–Crippen MR) is 61.3 cm³/mol. The van der Waals surface area contributed by atoms with Gasteiger partial charge in [-0.15, -0.1) is 0 Å². The lowest BCUT2D eigenvalue weighted by Gasteiger charge is -2.14. The fraction of sp³-hybridized carbons (Fsp3) is 0.455. The standard InChI is InChI=1S/C11H16ClNO2/c1-8(14-2)7-15-11-4-3-10(12)5-9(11)6-13/h3-5,8H,6-7,13H2,1-2H3. The number of halogens is 1. The molecule has 3 nitrogen and oxygen atoms in total. The minimum Gasteiger partial charge on any atom is -0.491 e. The van der Waals surface area contributed by atoms with Crippen molar-refractivity contribution in [1.82, 2.24) is 0 Å². The zero-order valence-corrected chi connectivity index (χ0v) is 9.75. The second kappa shape index (κ2) is 5.95. The molecule has 84 valence electrons. The summed E-state index contributed by atoms with van der Waals surface area (Å²) in [5, 5.41) is 0.669. The summed E-state index contributed by atoms with van der Waals surface area (Å²) in [6, 6.07) is 5.43. The van der Waals surface area contributed by atoms with Gasteiger partial charge in [-0.05, 0) is 25.1 Å². The summed E-state index contributed by atoms with van der Waals surface area (Å²) in [5.41, 5.74) is 6.50. The predicted octanol–water partition coefficient (Wildman–Crippen LogP) is 2.21. The molecule has 0 fully saturated rings. The van der Waals surface area contributed by atoms with Crippen LogP contribution in [-0.4, -0.2) is 19.8 Å². The van der Waals surface area contributed by atoms with E-state index in [0.29, 0.717) is 18.2 Å². The molecule has 1 aromatic carbocycles. The SMILES string of the molecule is COC(C)COc1ccc(Cl)cc1CN. The highest BCUT2D eigenvalue weighted by Crippen LogP contribution is 2.22. The lowest BCUT2D eigenvalue weighted by molar-refractivity contribution is 0.0713. The quantitative estimate of drug-likeness (QED) is 0.842. The van der Waals surface area contributed by atoms with Crippen molar-refractivity contribution in [3.63, 3.8) is 0 Å². The fourth-order valence-corrected chi connectivity index (χ4v) is 1.32. The van der Waals surface area contributed by atoms with E-state index in [4.69, 9.17) is 26.8 Å². The molecule has 0 aliphatic rings. The third-order valence-corrected chi connectivity index (χ3v) is 2.35. The Morgan fingerprint density at radius 2 is 2.20 bits per heavy atom. The molecule has 0 spiro atoms. The molecular formula is C11H16ClNO2. The van der Waals surface area contributed by atoms with Crippen LogP contribution >= 0.6 is 11.6 Å². The van der Waals surface area contributed by atoms with E-state index >= 15 is 0 Å². The molecular weight excluding hydrogens is 214 g/mol. The molecule has 0 bridgehead atoms. The van der Waals surface area contributed by atoms with Gasteiger partial charge < -0.3 is 15.2 Å². The molecule has 1 rings (SSSR count). The van der Waals surface area contributed by atoms with Gasteiger partial charge in [-0.25, -0.2) is 0 Å². The van der Waals surface area contributed by atoms with Gasteiger partial charge in [-0.1, -0.05) is 11.6 Å². The summed E-state index contributed by atoms with van der Waals surface area (Å²) < 4.78 is 10.7. The molecule has 0 saturated carbocycles. The van der Waals surface area contributed by atoms with Gasteiger partial charge in [0.15, 0.2) is 0 Å². The molecule has 0 aromatic heterocycles. The maximum atomic E-state index is 5.85. The Bertz CT molecular complexity index is 317. The maximum Gasteiger partial charge on any atom is 0.124 e. The lowest BCUT2D eigenvalue weighted by atomic mass is 10.2. The Hall–Kier alpha value is -0.770. The van der Waals surface area contributed by atoms with E-state index in [1.807, 2.05) is 19.1 Å². The van der Waals surface area contributed by atoms with Crippen LogP contribution in [0, 0.1) is 0 Å². The van der Waals surface area contributed by atoms with Gasteiger partial charge in [-0.3, -0.25) is 0 Å².